The topological polar surface area (TPSA) is 46.2 Å². The first-order valence-electron chi connectivity index (χ1n) is 6.66. The maximum Gasteiger partial charge on any atom is 0.154 e. The Morgan fingerprint density at radius 2 is 2.21 bits per heavy atom. The average Bonchev–Trinajstić information content (AvgIpc) is 2.36. The Morgan fingerprint density at radius 1 is 1.42 bits per heavy atom. The summed E-state index contributed by atoms with van der Waals surface area (Å²) in [7, 11) is -1.09. The van der Waals surface area contributed by atoms with Gasteiger partial charge in [-0.25, -0.2) is 8.42 Å². The van der Waals surface area contributed by atoms with Crippen molar-refractivity contribution in [3.8, 4) is 0 Å². The van der Waals surface area contributed by atoms with Crippen LogP contribution in [0.5, 0.6) is 0 Å². The molecule has 1 aromatic carbocycles. The second-order valence-electron chi connectivity index (χ2n) is 5.13. The van der Waals surface area contributed by atoms with E-state index in [1.54, 1.807) is 0 Å². The lowest BCUT2D eigenvalue weighted by molar-refractivity contribution is 0.456. The van der Waals surface area contributed by atoms with Gasteiger partial charge >= 0.3 is 0 Å². The second kappa shape index (κ2) is 6.37. The van der Waals surface area contributed by atoms with Gasteiger partial charge in [0.2, 0.25) is 0 Å². The van der Waals surface area contributed by atoms with Crippen LogP contribution in [0.1, 0.15) is 24.8 Å². The van der Waals surface area contributed by atoms with Gasteiger partial charge in [0.15, 0.2) is 9.84 Å². The lowest BCUT2D eigenvalue weighted by atomic mass is 10.00. The molecule has 1 aliphatic rings. The molecule has 0 saturated carbocycles. The number of benzene rings is 1. The molecule has 0 spiro atoms. The van der Waals surface area contributed by atoms with Crippen LogP contribution in [0.3, 0.4) is 0 Å². The van der Waals surface area contributed by atoms with E-state index in [1.807, 2.05) is 25.2 Å². The minimum atomic E-state index is -2.94. The zero-order valence-electron chi connectivity index (χ0n) is 11.1. The maximum atomic E-state index is 12.2. The molecular weight excluding hydrogens is 326 g/mol. The van der Waals surface area contributed by atoms with Crippen molar-refractivity contribution >= 4 is 25.8 Å². The fourth-order valence-corrected chi connectivity index (χ4v) is 5.38. The Bertz CT molecular complexity index is 530. The molecule has 0 bridgehead atoms. The molecule has 1 fully saturated rings. The number of sulfone groups is 1. The van der Waals surface area contributed by atoms with Crippen LogP contribution in [0, 0.1) is 0 Å². The highest BCUT2D eigenvalue weighted by Gasteiger charge is 2.34. The maximum absolute atomic E-state index is 12.2. The lowest BCUT2D eigenvalue weighted by Crippen LogP contribution is -2.46. The van der Waals surface area contributed by atoms with Crippen molar-refractivity contribution in [2.24, 2.45) is 0 Å². The van der Waals surface area contributed by atoms with E-state index in [0.29, 0.717) is 5.75 Å². The third-order valence-electron chi connectivity index (χ3n) is 3.79. The van der Waals surface area contributed by atoms with E-state index in [2.05, 4.69) is 27.3 Å². The highest BCUT2D eigenvalue weighted by Crippen LogP contribution is 2.24. The van der Waals surface area contributed by atoms with Gasteiger partial charge in [-0.05, 0) is 44.0 Å². The van der Waals surface area contributed by atoms with Crippen LogP contribution in [-0.4, -0.2) is 32.5 Å². The number of halogens is 1. The summed E-state index contributed by atoms with van der Waals surface area (Å²) in [5.41, 5.74) is 1.16. The van der Waals surface area contributed by atoms with Gasteiger partial charge < -0.3 is 5.32 Å². The smallest absolute Gasteiger partial charge is 0.154 e. The molecule has 1 saturated heterocycles. The van der Waals surface area contributed by atoms with E-state index in [1.165, 1.54) is 0 Å². The number of likely N-dealkylation sites (N-methyl/N-ethyl adjacent to an activating group) is 1. The van der Waals surface area contributed by atoms with Gasteiger partial charge in [0.25, 0.3) is 0 Å². The first-order chi connectivity index (χ1) is 9.03. The summed E-state index contributed by atoms with van der Waals surface area (Å²) < 4.78 is 25.4. The molecule has 1 aromatic rings. The first kappa shape index (κ1) is 15.0. The summed E-state index contributed by atoms with van der Waals surface area (Å²) in [6.07, 6.45) is 3.36. The summed E-state index contributed by atoms with van der Waals surface area (Å²) in [5.74, 6) is 0.342. The van der Waals surface area contributed by atoms with Crippen molar-refractivity contribution in [3.05, 3.63) is 34.3 Å². The zero-order chi connectivity index (χ0) is 13.9. The number of hydrogen-bond donors (Lipinski definition) is 1. The van der Waals surface area contributed by atoms with Crippen LogP contribution in [0.15, 0.2) is 28.7 Å². The third kappa shape index (κ3) is 3.80. The third-order valence-corrected chi connectivity index (χ3v) is 6.63. The highest BCUT2D eigenvalue weighted by molar-refractivity contribution is 9.10. The summed E-state index contributed by atoms with van der Waals surface area (Å²) in [6.45, 7) is 0. The summed E-state index contributed by atoms with van der Waals surface area (Å²) in [4.78, 5) is 0. The molecule has 2 rings (SSSR count). The molecule has 0 aliphatic carbocycles. The van der Waals surface area contributed by atoms with Gasteiger partial charge in [0, 0.05) is 10.5 Å². The van der Waals surface area contributed by atoms with Crippen molar-refractivity contribution in [1.29, 1.82) is 0 Å². The van der Waals surface area contributed by atoms with Crippen LogP contribution in [0.4, 0.5) is 0 Å². The number of rotatable bonds is 4. The van der Waals surface area contributed by atoms with Gasteiger partial charge in [-0.1, -0.05) is 34.5 Å². The Balaban J connectivity index is 2.16. The van der Waals surface area contributed by atoms with E-state index in [0.717, 1.165) is 35.7 Å². The van der Waals surface area contributed by atoms with Crippen molar-refractivity contribution in [2.75, 3.05) is 12.8 Å². The van der Waals surface area contributed by atoms with E-state index in [-0.39, 0.29) is 11.3 Å². The molecule has 1 aliphatic heterocycles. The van der Waals surface area contributed by atoms with Crippen LogP contribution in [0.25, 0.3) is 0 Å². The SMILES string of the molecule is CNC(Cc1cccc(Br)c1)C1CCCCS1(=O)=O. The summed E-state index contributed by atoms with van der Waals surface area (Å²) in [5, 5.41) is 2.96. The van der Waals surface area contributed by atoms with E-state index >= 15 is 0 Å². The fraction of sp³-hybridized carbons (Fsp3) is 0.571. The molecular formula is C14H20BrNO2S. The molecule has 106 valence electrons. The average molecular weight is 346 g/mol. The molecule has 0 aromatic heterocycles. The summed E-state index contributed by atoms with van der Waals surface area (Å²) in [6, 6.07) is 8.07. The van der Waals surface area contributed by atoms with Crippen LogP contribution in [-0.2, 0) is 16.3 Å². The molecule has 0 radical (unpaired) electrons. The van der Waals surface area contributed by atoms with Crippen LogP contribution < -0.4 is 5.32 Å². The normalized spacial score (nSPS) is 24.0. The molecule has 0 amide bonds. The predicted molar refractivity (Wildman–Crippen MR) is 82.1 cm³/mol. The van der Waals surface area contributed by atoms with E-state index < -0.39 is 9.84 Å². The van der Waals surface area contributed by atoms with Gasteiger partial charge in [-0.15, -0.1) is 0 Å². The Labute approximate surface area is 123 Å². The number of nitrogens with one attached hydrogen (secondary N) is 1. The molecule has 5 heteroatoms. The number of hydrogen-bond acceptors (Lipinski definition) is 3. The van der Waals surface area contributed by atoms with Crippen molar-refractivity contribution in [1.82, 2.24) is 5.32 Å². The van der Waals surface area contributed by atoms with Crippen LogP contribution >= 0.6 is 15.9 Å². The van der Waals surface area contributed by atoms with Gasteiger partial charge in [0.05, 0.1) is 11.0 Å². The first-order valence-corrected chi connectivity index (χ1v) is 9.17. The molecule has 3 nitrogen and oxygen atoms in total. The quantitative estimate of drug-likeness (QED) is 0.911. The Hall–Kier alpha value is -0.390. The molecule has 2 atom stereocenters. The molecule has 2 unspecified atom stereocenters. The summed E-state index contributed by atoms with van der Waals surface area (Å²) >= 11 is 3.45. The van der Waals surface area contributed by atoms with E-state index in [9.17, 15) is 8.42 Å². The van der Waals surface area contributed by atoms with Gasteiger partial charge in [-0.2, -0.15) is 0 Å². The minimum absolute atomic E-state index is 0.000370. The highest BCUT2D eigenvalue weighted by atomic mass is 79.9. The van der Waals surface area contributed by atoms with Gasteiger partial charge in [-0.3, -0.25) is 0 Å². The van der Waals surface area contributed by atoms with Crippen molar-refractivity contribution in [3.63, 3.8) is 0 Å². The molecule has 19 heavy (non-hydrogen) atoms. The fourth-order valence-electron chi connectivity index (χ4n) is 2.77. The predicted octanol–water partition coefficient (Wildman–Crippen LogP) is 2.55. The largest absolute Gasteiger partial charge is 0.315 e. The Morgan fingerprint density at radius 3 is 2.84 bits per heavy atom. The standard InChI is InChI=1S/C14H20BrNO2S/c1-16-13(10-11-5-4-6-12(15)9-11)14-7-2-3-8-19(14,17)18/h4-6,9,13-14,16H,2-3,7-8,10H2,1H3. The second-order valence-corrected chi connectivity index (χ2v) is 8.39. The molecule has 1 N–H and O–H groups in total. The molecule has 1 heterocycles. The van der Waals surface area contributed by atoms with Gasteiger partial charge in [0.1, 0.15) is 0 Å². The lowest BCUT2D eigenvalue weighted by Gasteiger charge is -2.30. The monoisotopic (exact) mass is 345 g/mol. The van der Waals surface area contributed by atoms with Crippen LogP contribution in [0.2, 0.25) is 0 Å². The Kier molecular flexibility index (Phi) is 5.03. The van der Waals surface area contributed by atoms with E-state index in [4.69, 9.17) is 0 Å². The van der Waals surface area contributed by atoms with Crippen molar-refractivity contribution < 1.29 is 8.42 Å². The minimum Gasteiger partial charge on any atom is -0.315 e. The van der Waals surface area contributed by atoms with Crippen molar-refractivity contribution in [2.45, 2.75) is 37.0 Å². The zero-order valence-corrected chi connectivity index (χ0v) is 13.5.